The lowest BCUT2D eigenvalue weighted by Crippen LogP contribution is -2.23. The Morgan fingerprint density at radius 2 is 2.03 bits per heavy atom. The van der Waals surface area contributed by atoms with Gasteiger partial charge in [-0.05, 0) is 46.6 Å². The maximum atomic E-state index is 13.0. The Labute approximate surface area is 179 Å². The second-order valence-electron chi connectivity index (χ2n) is 5.93. The molecule has 0 aliphatic rings. The molecule has 0 aliphatic carbocycles. The number of carbonyl (C=O) groups is 2. The van der Waals surface area contributed by atoms with Gasteiger partial charge in [-0.15, -0.1) is 0 Å². The Morgan fingerprint density at radius 3 is 2.69 bits per heavy atom. The third-order valence-corrected chi connectivity index (χ3v) is 4.71. The number of anilines is 1. The first-order valence-corrected chi connectivity index (χ1v) is 9.47. The quantitative estimate of drug-likeness (QED) is 0.602. The number of hydrogen-bond donors (Lipinski definition) is 2. The summed E-state index contributed by atoms with van der Waals surface area (Å²) in [6.45, 7) is 1.85. The molecule has 3 rings (SSSR count). The number of pyridine rings is 1. The number of halogens is 2. The Kier molecular flexibility index (Phi) is 5.96. The van der Waals surface area contributed by atoms with Gasteiger partial charge < -0.3 is 10.6 Å². The zero-order valence-corrected chi connectivity index (χ0v) is 17.7. The number of amides is 2. The molecule has 10 heteroatoms. The third-order valence-electron chi connectivity index (χ3n) is 4.02. The standard InChI is InChI=1S/C19H14BrClN6O2/c1-10-4-3-5-24-17(10)27-14(8-15(20)26-27)19(29)25-16-12(18(28)23-2)6-11(9-22)7-13(16)21/h3-8H,1-2H3,(H,23,28)(H,25,29). The predicted molar refractivity (Wildman–Crippen MR) is 111 cm³/mol. The molecule has 0 radical (unpaired) electrons. The van der Waals surface area contributed by atoms with Gasteiger partial charge in [0.05, 0.1) is 27.9 Å². The molecule has 0 saturated heterocycles. The summed E-state index contributed by atoms with van der Waals surface area (Å²) in [5, 5.41) is 18.6. The topological polar surface area (TPSA) is 113 Å². The van der Waals surface area contributed by atoms with Crippen molar-refractivity contribution in [3.8, 4) is 11.9 Å². The Hall–Kier alpha value is -3.22. The maximum absolute atomic E-state index is 13.0. The fourth-order valence-electron chi connectivity index (χ4n) is 2.66. The summed E-state index contributed by atoms with van der Waals surface area (Å²) in [5.74, 6) is -0.555. The smallest absolute Gasteiger partial charge is 0.274 e. The summed E-state index contributed by atoms with van der Waals surface area (Å²) in [4.78, 5) is 29.6. The summed E-state index contributed by atoms with van der Waals surface area (Å²) in [5.41, 5.74) is 1.37. The molecule has 0 saturated carbocycles. The van der Waals surface area contributed by atoms with Crippen LogP contribution in [0.5, 0.6) is 0 Å². The number of carbonyl (C=O) groups excluding carboxylic acids is 2. The highest BCUT2D eigenvalue weighted by atomic mass is 79.9. The number of aromatic nitrogens is 3. The Bertz CT molecular complexity index is 1170. The van der Waals surface area contributed by atoms with Gasteiger partial charge in [0.2, 0.25) is 0 Å². The molecule has 2 heterocycles. The van der Waals surface area contributed by atoms with Gasteiger partial charge in [0, 0.05) is 19.3 Å². The average molecular weight is 474 g/mol. The van der Waals surface area contributed by atoms with E-state index in [0.717, 1.165) is 5.56 Å². The van der Waals surface area contributed by atoms with E-state index in [9.17, 15) is 9.59 Å². The van der Waals surface area contributed by atoms with Crippen molar-refractivity contribution in [2.24, 2.45) is 0 Å². The summed E-state index contributed by atoms with van der Waals surface area (Å²) in [6, 6.07) is 9.82. The molecule has 2 amide bonds. The lowest BCUT2D eigenvalue weighted by molar-refractivity contribution is 0.0964. The third kappa shape index (κ3) is 4.13. The van der Waals surface area contributed by atoms with E-state index in [0.29, 0.717) is 10.4 Å². The van der Waals surface area contributed by atoms with Crippen LogP contribution in [0.4, 0.5) is 5.69 Å². The number of rotatable bonds is 4. The number of hydrogen-bond acceptors (Lipinski definition) is 5. The van der Waals surface area contributed by atoms with E-state index in [1.807, 2.05) is 19.1 Å². The van der Waals surface area contributed by atoms with Gasteiger partial charge in [0.15, 0.2) is 5.82 Å². The summed E-state index contributed by atoms with van der Waals surface area (Å²) in [6.07, 6.45) is 1.60. The molecule has 0 unspecified atom stereocenters. The van der Waals surface area contributed by atoms with Crippen LogP contribution in [0.15, 0.2) is 41.1 Å². The molecule has 1 aromatic carbocycles. The summed E-state index contributed by atoms with van der Waals surface area (Å²) >= 11 is 9.52. The van der Waals surface area contributed by atoms with Gasteiger partial charge in [-0.3, -0.25) is 9.59 Å². The molecule has 0 bridgehead atoms. The predicted octanol–water partition coefficient (Wildman–Crippen LogP) is 3.48. The van der Waals surface area contributed by atoms with Crippen molar-refractivity contribution in [1.82, 2.24) is 20.1 Å². The van der Waals surface area contributed by atoms with Crippen LogP contribution in [0.2, 0.25) is 5.02 Å². The van der Waals surface area contributed by atoms with E-state index >= 15 is 0 Å². The van der Waals surface area contributed by atoms with Crippen molar-refractivity contribution in [3.63, 3.8) is 0 Å². The fourth-order valence-corrected chi connectivity index (χ4v) is 3.31. The van der Waals surface area contributed by atoms with Crippen molar-refractivity contribution in [3.05, 3.63) is 68.5 Å². The molecule has 0 fully saturated rings. The molecule has 0 spiro atoms. The maximum Gasteiger partial charge on any atom is 0.274 e. The fraction of sp³-hybridized carbons (Fsp3) is 0.105. The number of nitriles is 1. The van der Waals surface area contributed by atoms with Gasteiger partial charge in [0.1, 0.15) is 10.3 Å². The molecular formula is C19H14BrClN6O2. The van der Waals surface area contributed by atoms with Crippen LogP contribution in [-0.4, -0.2) is 33.6 Å². The Morgan fingerprint density at radius 1 is 1.28 bits per heavy atom. The van der Waals surface area contributed by atoms with Gasteiger partial charge in [-0.1, -0.05) is 17.7 Å². The molecule has 2 aromatic heterocycles. The normalized spacial score (nSPS) is 10.3. The summed E-state index contributed by atoms with van der Waals surface area (Å²) < 4.78 is 1.83. The van der Waals surface area contributed by atoms with E-state index < -0.39 is 11.8 Å². The van der Waals surface area contributed by atoms with Crippen molar-refractivity contribution < 1.29 is 9.59 Å². The van der Waals surface area contributed by atoms with Crippen LogP contribution in [0, 0.1) is 18.3 Å². The number of nitrogens with one attached hydrogen (secondary N) is 2. The van der Waals surface area contributed by atoms with Crippen molar-refractivity contribution in [1.29, 1.82) is 5.26 Å². The molecule has 2 N–H and O–H groups in total. The van der Waals surface area contributed by atoms with E-state index in [4.69, 9.17) is 16.9 Å². The number of benzene rings is 1. The van der Waals surface area contributed by atoms with Gasteiger partial charge in [0.25, 0.3) is 11.8 Å². The second kappa shape index (κ2) is 8.43. The van der Waals surface area contributed by atoms with E-state index in [1.165, 1.54) is 29.9 Å². The van der Waals surface area contributed by atoms with Crippen LogP contribution in [0.1, 0.15) is 32.0 Å². The van der Waals surface area contributed by atoms with Crippen LogP contribution >= 0.6 is 27.5 Å². The van der Waals surface area contributed by atoms with E-state index in [-0.39, 0.29) is 27.5 Å². The van der Waals surface area contributed by atoms with Crippen molar-refractivity contribution in [2.75, 3.05) is 12.4 Å². The largest absolute Gasteiger partial charge is 0.355 e. The highest BCUT2D eigenvalue weighted by Crippen LogP contribution is 2.29. The average Bonchev–Trinajstić information content (AvgIpc) is 3.10. The minimum Gasteiger partial charge on any atom is -0.355 e. The molecule has 0 aliphatic heterocycles. The molecule has 3 aromatic rings. The first kappa shape index (κ1) is 20.5. The van der Waals surface area contributed by atoms with Crippen molar-refractivity contribution in [2.45, 2.75) is 6.92 Å². The molecule has 8 nitrogen and oxygen atoms in total. The van der Waals surface area contributed by atoms with E-state index in [1.54, 1.807) is 12.3 Å². The van der Waals surface area contributed by atoms with Crippen LogP contribution in [0.3, 0.4) is 0 Å². The van der Waals surface area contributed by atoms with Crippen LogP contribution in [0.25, 0.3) is 5.82 Å². The molecule has 29 heavy (non-hydrogen) atoms. The second-order valence-corrected chi connectivity index (χ2v) is 7.15. The first-order chi connectivity index (χ1) is 13.8. The minimum atomic E-state index is -0.551. The Balaban J connectivity index is 2.06. The van der Waals surface area contributed by atoms with E-state index in [2.05, 4.69) is 36.6 Å². The van der Waals surface area contributed by atoms with Crippen molar-refractivity contribution >= 4 is 45.0 Å². The first-order valence-electron chi connectivity index (χ1n) is 8.30. The molecular weight excluding hydrogens is 460 g/mol. The zero-order valence-electron chi connectivity index (χ0n) is 15.3. The van der Waals surface area contributed by atoms with Gasteiger partial charge in [-0.25, -0.2) is 9.67 Å². The number of nitrogens with zero attached hydrogens (tertiary/aromatic N) is 4. The SMILES string of the molecule is CNC(=O)c1cc(C#N)cc(Cl)c1NC(=O)c1cc(Br)nn1-c1ncccc1C. The number of aryl methyl sites for hydroxylation is 1. The highest BCUT2D eigenvalue weighted by molar-refractivity contribution is 9.10. The molecule has 0 atom stereocenters. The van der Waals surface area contributed by atoms with Gasteiger partial charge in [-0.2, -0.15) is 10.4 Å². The molecule has 146 valence electrons. The monoisotopic (exact) mass is 472 g/mol. The lowest BCUT2D eigenvalue weighted by Gasteiger charge is -2.14. The minimum absolute atomic E-state index is 0.0650. The van der Waals surface area contributed by atoms with Crippen LogP contribution < -0.4 is 10.6 Å². The summed E-state index contributed by atoms with van der Waals surface area (Å²) in [7, 11) is 1.44. The van der Waals surface area contributed by atoms with Crippen LogP contribution in [-0.2, 0) is 0 Å². The van der Waals surface area contributed by atoms with Gasteiger partial charge >= 0.3 is 0 Å². The highest BCUT2D eigenvalue weighted by Gasteiger charge is 2.22. The lowest BCUT2D eigenvalue weighted by atomic mass is 10.1. The zero-order chi connectivity index (χ0) is 21.1.